The maximum Gasteiger partial charge on any atom is 0.224 e. The lowest BCUT2D eigenvalue weighted by molar-refractivity contribution is -0.120. The third-order valence-corrected chi connectivity index (χ3v) is 5.35. The van der Waals surface area contributed by atoms with Crippen LogP contribution in [-0.2, 0) is 11.2 Å². The molecule has 0 radical (unpaired) electrons. The molecule has 2 N–H and O–H groups in total. The van der Waals surface area contributed by atoms with Crippen molar-refractivity contribution in [2.24, 2.45) is 0 Å². The van der Waals surface area contributed by atoms with Gasteiger partial charge >= 0.3 is 0 Å². The van der Waals surface area contributed by atoms with E-state index in [1.165, 1.54) is 31.1 Å². The molecule has 1 aromatic rings. The predicted octanol–water partition coefficient (Wildman–Crippen LogP) is 1.85. The Morgan fingerprint density at radius 3 is 2.96 bits per heavy atom. The summed E-state index contributed by atoms with van der Waals surface area (Å²) >= 11 is 1.39. The van der Waals surface area contributed by atoms with Crippen molar-refractivity contribution in [3.8, 4) is 0 Å². The van der Waals surface area contributed by atoms with E-state index in [-0.39, 0.29) is 24.3 Å². The van der Waals surface area contributed by atoms with E-state index >= 15 is 0 Å². The molecule has 1 aliphatic heterocycles. The molecule has 2 rings (SSSR count). The quantitative estimate of drug-likeness (QED) is 0.561. The van der Waals surface area contributed by atoms with Crippen LogP contribution in [0.3, 0.4) is 0 Å². The highest BCUT2D eigenvalue weighted by Crippen LogP contribution is 2.17. The van der Waals surface area contributed by atoms with Gasteiger partial charge in [-0.15, -0.1) is 11.3 Å². The van der Waals surface area contributed by atoms with E-state index in [0.29, 0.717) is 17.8 Å². The number of aliphatic hydroxyl groups is 1. The lowest BCUT2D eigenvalue weighted by Crippen LogP contribution is -2.43. The Bertz CT molecular complexity index is 530. The molecule has 1 fully saturated rings. The fraction of sp³-hybridized carbons (Fsp3) is 0.647. The van der Waals surface area contributed by atoms with Gasteiger partial charge in [-0.05, 0) is 49.7 Å². The second kappa shape index (κ2) is 9.15. The van der Waals surface area contributed by atoms with Crippen LogP contribution >= 0.6 is 11.3 Å². The van der Waals surface area contributed by atoms with Gasteiger partial charge in [-0.3, -0.25) is 14.5 Å². The molecule has 1 amide bonds. The minimum Gasteiger partial charge on any atom is -0.395 e. The van der Waals surface area contributed by atoms with Gasteiger partial charge in [0.1, 0.15) is 0 Å². The van der Waals surface area contributed by atoms with E-state index in [0.717, 1.165) is 31.5 Å². The molecule has 0 aliphatic carbocycles. The largest absolute Gasteiger partial charge is 0.395 e. The van der Waals surface area contributed by atoms with Crippen LogP contribution in [0.1, 0.15) is 47.8 Å². The summed E-state index contributed by atoms with van der Waals surface area (Å²) < 4.78 is 0. The number of nitrogens with zero attached hydrogens (tertiary/aromatic N) is 1. The maximum atomic E-state index is 11.9. The van der Waals surface area contributed by atoms with Crippen molar-refractivity contribution in [2.45, 2.75) is 45.1 Å². The third-order valence-electron chi connectivity index (χ3n) is 4.27. The van der Waals surface area contributed by atoms with Gasteiger partial charge in [0.25, 0.3) is 0 Å². The Hall–Kier alpha value is -1.24. The van der Waals surface area contributed by atoms with E-state index in [1.807, 2.05) is 5.38 Å². The third kappa shape index (κ3) is 5.71. The molecule has 128 valence electrons. The Morgan fingerprint density at radius 2 is 2.26 bits per heavy atom. The summed E-state index contributed by atoms with van der Waals surface area (Å²) in [5, 5.41) is 14.2. The molecule has 1 atom stereocenters. The minimum absolute atomic E-state index is 0.00439. The molecule has 2 heterocycles. The predicted molar refractivity (Wildman–Crippen MR) is 92.0 cm³/mol. The minimum atomic E-state index is -0.00439. The number of amides is 1. The summed E-state index contributed by atoms with van der Waals surface area (Å²) in [5.74, 6) is 0.0388. The van der Waals surface area contributed by atoms with E-state index in [4.69, 9.17) is 0 Å². The van der Waals surface area contributed by atoms with Crippen LogP contribution in [0, 0.1) is 0 Å². The normalized spacial score (nSPS) is 18.8. The number of hydrogen-bond donors (Lipinski definition) is 2. The molecule has 23 heavy (non-hydrogen) atoms. The molecular weight excluding hydrogens is 312 g/mol. The number of piperidine rings is 1. The highest BCUT2D eigenvalue weighted by molar-refractivity contribution is 7.12. The van der Waals surface area contributed by atoms with Crippen molar-refractivity contribution < 1.29 is 14.7 Å². The van der Waals surface area contributed by atoms with Crippen LogP contribution in [-0.4, -0.2) is 54.0 Å². The summed E-state index contributed by atoms with van der Waals surface area (Å²) in [6.45, 7) is 4.37. The average molecular weight is 338 g/mol. The number of rotatable bonds is 8. The Labute approximate surface area is 141 Å². The zero-order chi connectivity index (χ0) is 16.7. The zero-order valence-corrected chi connectivity index (χ0v) is 14.5. The van der Waals surface area contributed by atoms with Crippen LogP contribution in [0.2, 0.25) is 0 Å². The van der Waals surface area contributed by atoms with E-state index in [9.17, 15) is 14.7 Å². The van der Waals surface area contributed by atoms with Crippen molar-refractivity contribution in [3.05, 3.63) is 21.9 Å². The fourth-order valence-electron chi connectivity index (χ4n) is 2.97. The Morgan fingerprint density at radius 1 is 1.43 bits per heavy atom. The summed E-state index contributed by atoms with van der Waals surface area (Å²) in [4.78, 5) is 26.2. The highest BCUT2D eigenvalue weighted by Gasteiger charge is 2.20. The van der Waals surface area contributed by atoms with Gasteiger partial charge in [0.05, 0.1) is 17.9 Å². The van der Waals surface area contributed by atoms with Gasteiger partial charge in [0.2, 0.25) is 5.91 Å². The Kier molecular flexibility index (Phi) is 7.20. The van der Waals surface area contributed by atoms with Crippen molar-refractivity contribution in [3.63, 3.8) is 0 Å². The van der Waals surface area contributed by atoms with E-state index < -0.39 is 0 Å². The smallest absolute Gasteiger partial charge is 0.224 e. The average Bonchev–Trinajstić information content (AvgIpc) is 3.00. The van der Waals surface area contributed by atoms with Gasteiger partial charge in [0, 0.05) is 19.1 Å². The number of carbonyl (C=O) groups is 2. The van der Waals surface area contributed by atoms with Crippen LogP contribution in [0.5, 0.6) is 0 Å². The first kappa shape index (κ1) is 18.1. The first-order valence-corrected chi connectivity index (χ1v) is 9.18. The van der Waals surface area contributed by atoms with Crippen molar-refractivity contribution >= 4 is 23.0 Å². The van der Waals surface area contributed by atoms with Crippen molar-refractivity contribution in [2.75, 3.05) is 26.2 Å². The van der Waals surface area contributed by atoms with Gasteiger partial charge in [-0.25, -0.2) is 0 Å². The van der Waals surface area contributed by atoms with Crippen LogP contribution < -0.4 is 5.32 Å². The van der Waals surface area contributed by atoms with Crippen molar-refractivity contribution in [1.82, 2.24) is 10.2 Å². The number of Topliss-reactive ketones (excluding diaryl/α,β-unsaturated/α-hetero) is 1. The zero-order valence-electron chi connectivity index (χ0n) is 13.7. The molecule has 1 saturated heterocycles. The number of likely N-dealkylation sites (tertiary alicyclic amines) is 1. The SMILES string of the molecule is CC(=O)c1cc(CC(=O)NCCCN2CCCCC2CO)cs1. The number of aliphatic hydroxyl groups excluding tert-OH is 1. The molecule has 1 unspecified atom stereocenters. The first-order chi connectivity index (χ1) is 11.1. The van der Waals surface area contributed by atoms with Crippen molar-refractivity contribution in [1.29, 1.82) is 0 Å². The molecule has 0 aromatic carbocycles. The maximum absolute atomic E-state index is 11.9. The van der Waals surface area contributed by atoms with Crippen LogP contribution in [0.25, 0.3) is 0 Å². The van der Waals surface area contributed by atoms with Gasteiger partial charge in [0.15, 0.2) is 5.78 Å². The van der Waals surface area contributed by atoms with Gasteiger partial charge < -0.3 is 10.4 Å². The molecule has 1 aliphatic rings. The number of nitrogens with one attached hydrogen (secondary N) is 1. The monoisotopic (exact) mass is 338 g/mol. The summed E-state index contributed by atoms with van der Waals surface area (Å²) in [6.07, 6.45) is 4.68. The highest BCUT2D eigenvalue weighted by atomic mass is 32.1. The summed E-state index contributed by atoms with van der Waals surface area (Å²) in [5.41, 5.74) is 0.897. The van der Waals surface area contributed by atoms with E-state index in [1.54, 1.807) is 6.07 Å². The molecular formula is C17H26N2O3S. The lowest BCUT2D eigenvalue weighted by Gasteiger charge is -2.34. The molecule has 0 saturated carbocycles. The number of carbonyl (C=O) groups excluding carboxylic acids is 2. The summed E-state index contributed by atoms with van der Waals surface area (Å²) in [7, 11) is 0. The van der Waals surface area contributed by atoms with Crippen LogP contribution in [0.15, 0.2) is 11.4 Å². The molecule has 0 spiro atoms. The van der Waals surface area contributed by atoms with E-state index in [2.05, 4.69) is 10.2 Å². The lowest BCUT2D eigenvalue weighted by atomic mass is 10.0. The van der Waals surface area contributed by atoms with Crippen LogP contribution in [0.4, 0.5) is 0 Å². The molecule has 6 heteroatoms. The topological polar surface area (TPSA) is 69.6 Å². The number of thiophene rings is 1. The van der Waals surface area contributed by atoms with Gasteiger partial charge in [-0.1, -0.05) is 6.42 Å². The Balaban J connectivity index is 1.65. The second-order valence-electron chi connectivity index (χ2n) is 6.12. The number of hydrogen-bond acceptors (Lipinski definition) is 5. The second-order valence-corrected chi connectivity index (χ2v) is 7.04. The fourth-order valence-corrected chi connectivity index (χ4v) is 3.79. The molecule has 1 aromatic heterocycles. The summed E-state index contributed by atoms with van der Waals surface area (Å²) in [6, 6.07) is 2.09. The standard InChI is InChI=1S/C17H26N2O3S/c1-13(21)16-9-14(12-23-16)10-17(22)18-6-4-8-19-7-3-2-5-15(19)11-20/h9,12,15,20H,2-8,10-11H2,1H3,(H,18,22). The number of ketones is 1. The molecule has 5 nitrogen and oxygen atoms in total. The van der Waals surface area contributed by atoms with Gasteiger partial charge in [-0.2, -0.15) is 0 Å². The first-order valence-electron chi connectivity index (χ1n) is 8.30. The molecule has 0 bridgehead atoms.